The van der Waals surface area contributed by atoms with E-state index in [2.05, 4.69) is 24.5 Å². The Morgan fingerprint density at radius 1 is 1.09 bits per heavy atom. The monoisotopic (exact) mass is 300 g/mol. The summed E-state index contributed by atoms with van der Waals surface area (Å²) in [4.78, 5) is 0. The minimum Gasteiger partial charge on any atom is -0.207 e. The molecular weight excluding hydrogens is 280 g/mol. The lowest BCUT2D eigenvalue weighted by Crippen LogP contribution is -2.57. The summed E-state index contributed by atoms with van der Waals surface area (Å²) in [6.07, 6.45) is 5.73. The molecule has 2 heterocycles. The van der Waals surface area contributed by atoms with Gasteiger partial charge in [0.15, 0.2) is 11.2 Å². The molecule has 1 aliphatic heterocycles. The molecule has 0 aliphatic carbocycles. The van der Waals surface area contributed by atoms with E-state index < -0.39 is 11.6 Å². The van der Waals surface area contributed by atoms with Crippen molar-refractivity contribution in [2.24, 2.45) is 0 Å². The third-order valence-corrected chi connectivity index (χ3v) is 4.77. The number of hydrogen-bond donors (Lipinski definition) is 0. The molecule has 0 radical (unpaired) electrons. The molecule has 0 saturated carbocycles. The van der Waals surface area contributed by atoms with Crippen molar-refractivity contribution in [1.29, 1.82) is 0 Å². The fraction of sp³-hybridized carbons (Fsp3) is 0.316. The molecular formula is C19H20F2N+. The Kier molecular flexibility index (Phi) is 3.59. The number of allylic oxidation sites excluding steroid dienone is 1. The largest absolute Gasteiger partial charge is 0.217 e. The molecule has 0 N–H and O–H groups in total. The van der Waals surface area contributed by atoms with Gasteiger partial charge in [-0.1, -0.05) is 19.9 Å². The van der Waals surface area contributed by atoms with Gasteiger partial charge in [-0.15, -0.1) is 0 Å². The number of hydrogen-bond acceptors (Lipinski definition) is 0. The molecule has 0 amide bonds. The number of pyridine rings is 1. The van der Waals surface area contributed by atoms with Crippen LogP contribution in [0, 0.1) is 18.6 Å². The zero-order valence-electron chi connectivity index (χ0n) is 13.2. The summed E-state index contributed by atoms with van der Waals surface area (Å²) in [5.41, 5.74) is 2.73. The van der Waals surface area contributed by atoms with Crippen LogP contribution in [-0.4, -0.2) is 0 Å². The highest BCUT2D eigenvalue weighted by Gasteiger charge is 2.40. The molecule has 1 aliphatic rings. The van der Waals surface area contributed by atoms with E-state index in [1.54, 1.807) is 0 Å². The number of halogens is 2. The fourth-order valence-corrected chi connectivity index (χ4v) is 3.52. The Bertz CT molecular complexity index is 758. The number of aryl methyl sites for hydroxylation is 1. The van der Waals surface area contributed by atoms with Crippen LogP contribution in [0.3, 0.4) is 0 Å². The first-order valence-corrected chi connectivity index (χ1v) is 7.73. The molecule has 3 rings (SSSR count). The molecule has 0 saturated heterocycles. The van der Waals surface area contributed by atoms with Crippen molar-refractivity contribution >= 4 is 6.08 Å². The molecule has 1 nitrogen and oxygen atoms in total. The molecule has 22 heavy (non-hydrogen) atoms. The summed E-state index contributed by atoms with van der Waals surface area (Å²) in [5, 5.41) is 0. The van der Waals surface area contributed by atoms with Crippen molar-refractivity contribution in [1.82, 2.24) is 0 Å². The average molecular weight is 300 g/mol. The van der Waals surface area contributed by atoms with Gasteiger partial charge in [0.2, 0.25) is 5.69 Å². The zero-order chi connectivity index (χ0) is 15.9. The molecule has 0 spiro atoms. The standard InChI is InChI=1S/C19H20F2N/c1-4-19(5-2)10-9-14-11-15(20)12-16(21)18(14)17-8-6-7-13(3)22(17)19/h6-12H,4-5H2,1-3H3/q+1. The number of aromatic nitrogens is 1. The van der Waals surface area contributed by atoms with Crippen LogP contribution in [0.15, 0.2) is 36.4 Å². The SMILES string of the molecule is CCC1(CC)C=Cc2cc(F)cc(F)c2-c2cccc(C)[n+]21. The van der Waals surface area contributed by atoms with Gasteiger partial charge in [-0.3, -0.25) is 0 Å². The topological polar surface area (TPSA) is 3.88 Å². The highest BCUT2D eigenvalue weighted by Crippen LogP contribution is 2.34. The maximum absolute atomic E-state index is 14.5. The van der Waals surface area contributed by atoms with Gasteiger partial charge in [0.25, 0.3) is 0 Å². The van der Waals surface area contributed by atoms with Gasteiger partial charge in [-0.05, 0) is 23.8 Å². The Hall–Kier alpha value is -2.03. The quantitative estimate of drug-likeness (QED) is 0.703. The summed E-state index contributed by atoms with van der Waals surface area (Å²) in [5.74, 6) is -1.05. The van der Waals surface area contributed by atoms with Gasteiger partial charge >= 0.3 is 0 Å². The Morgan fingerprint density at radius 2 is 1.82 bits per heavy atom. The molecule has 1 aromatic carbocycles. The van der Waals surface area contributed by atoms with Gasteiger partial charge in [0, 0.05) is 38.0 Å². The summed E-state index contributed by atoms with van der Waals surface area (Å²) < 4.78 is 30.3. The number of fused-ring (bicyclic) bond motifs is 3. The lowest BCUT2D eigenvalue weighted by Gasteiger charge is -2.25. The summed E-state index contributed by atoms with van der Waals surface area (Å²) >= 11 is 0. The van der Waals surface area contributed by atoms with Crippen molar-refractivity contribution in [3.8, 4) is 11.3 Å². The number of benzene rings is 1. The second-order valence-corrected chi connectivity index (χ2v) is 5.88. The van der Waals surface area contributed by atoms with E-state index in [1.165, 1.54) is 6.07 Å². The Labute approximate surface area is 129 Å². The molecule has 0 bridgehead atoms. The fourth-order valence-electron chi connectivity index (χ4n) is 3.52. The van der Waals surface area contributed by atoms with Gasteiger partial charge in [-0.2, -0.15) is 4.57 Å². The lowest BCUT2D eigenvalue weighted by molar-refractivity contribution is -0.748. The smallest absolute Gasteiger partial charge is 0.207 e. The first-order chi connectivity index (χ1) is 10.5. The summed E-state index contributed by atoms with van der Waals surface area (Å²) in [7, 11) is 0. The summed E-state index contributed by atoms with van der Waals surface area (Å²) in [6.45, 7) is 6.29. The predicted octanol–water partition coefficient (Wildman–Crippen LogP) is 4.77. The van der Waals surface area contributed by atoms with Crippen LogP contribution >= 0.6 is 0 Å². The van der Waals surface area contributed by atoms with E-state index in [0.717, 1.165) is 30.3 Å². The van der Waals surface area contributed by atoms with Crippen LogP contribution in [0.25, 0.3) is 17.3 Å². The third kappa shape index (κ3) is 2.07. The van der Waals surface area contributed by atoms with Crippen LogP contribution in [0.2, 0.25) is 0 Å². The van der Waals surface area contributed by atoms with E-state index in [9.17, 15) is 8.78 Å². The second kappa shape index (κ2) is 5.31. The van der Waals surface area contributed by atoms with Crippen LogP contribution < -0.4 is 4.57 Å². The minimum absolute atomic E-state index is 0.220. The van der Waals surface area contributed by atoms with Crippen LogP contribution in [0.1, 0.15) is 37.9 Å². The summed E-state index contributed by atoms with van der Waals surface area (Å²) in [6, 6.07) is 8.24. The molecule has 0 unspecified atom stereocenters. The average Bonchev–Trinajstić information content (AvgIpc) is 2.63. The van der Waals surface area contributed by atoms with Crippen molar-refractivity contribution in [3.63, 3.8) is 0 Å². The molecule has 0 atom stereocenters. The van der Waals surface area contributed by atoms with Crippen molar-refractivity contribution in [3.05, 3.63) is 59.3 Å². The van der Waals surface area contributed by atoms with Crippen molar-refractivity contribution in [2.75, 3.05) is 0 Å². The molecule has 0 fully saturated rings. The molecule has 1 aromatic heterocycles. The van der Waals surface area contributed by atoms with E-state index >= 15 is 0 Å². The normalized spacial score (nSPS) is 15.1. The minimum atomic E-state index is -0.541. The maximum Gasteiger partial charge on any atom is 0.217 e. The second-order valence-electron chi connectivity index (χ2n) is 5.88. The van der Waals surface area contributed by atoms with E-state index in [4.69, 9.17) is 0 Å². The Balaban J connectivity index is 2.45. The zero-order valence-corrected chi connectivity index (χ0v) is 13.2. The highest BCUT2D eigenvalue weighted by atomic mass is 19.1. The number of nitrogens with zero attached hydrogens (tertiary/aromatic N) is 1. The lowest BCUT2D eigenvalue weighted by atomic mass is 9.90. The van der Waals surface area contributed by atoms with E-state index in [-0.39, 0.29) is 5.54 Å². The van der Waals surface area contributed by atoms with Gasteiger partial charge in [-0.25, -0.2) is 8.78 Å². The molecule has 114 valence electrons. The molecule has 2 aromatic rings. The van der Waals surface area contributed by atoms with Crippen LogP contribution in [-0.2, 0) is 5.54 Å². The van der Waals surface area contributed by atoms with Gasteiger partial charge in [0.1, 0.15) is 11.6 Å². The predicted molar refractivity (Wildman–Crippen MR) is 84.3 cm³/mol. The third-order valence-electron chi connectivity index (χ3n) is 4.77. The van der Waals surface area contributed by atoms with Gasteiger partial charge < -0.3 is 0 Å². The Morgan fingerprint density at radius 3 is 2.50 bits per heavy atom. The van der Waals surface area contributed by atoms with E-state index in [0.29, 0.717) is 11.1 Å². The first-order valence-electron chi connectivity index (χ1n) is 7.73. The van der Waals surface area contributed by atoms with Crippen molar-refractivity contribution < 1.29 is 13.3 Å². The van der Waals surface area contributed by atoms with Crippen LogP contribution in [0.5, 0.6) is 0 Å². The first kappa shape index (κ1) is 14.9. The number of rotatable bonds is 2. The van der Waals surface area contributed by atoms with Gasteiger partial charge in [0.05, 0.1) is 5.56 Å². The maximum atomic E-state index is 14.5. The molecule has 3 heteroatoms. The van der Waals surface area contributed by atoms with Crippen LogP contribution in [0.4, 0.5) is 8.78 Å². The van der Waals surface area contributed by atoms with E-state index in [1.807, 2.05) is 31.2 Å². The van der Waals surface area contributed by atoms with Crippen molar-refractivity contribution in [2.45, 2.75) is 39.2 Å². The highest BCUT2D eigenvalue weighted by molar-refractivity contribution is 5.73.